The third-order valence-electron chi connectivity index (χ3n) is 2.11. The van der Waals surface area contributed by atoms with Gasteiger partial charge in [0, 0.05) is 11.6 Å². The molecule has 0 radical (unpaired) electrons. The first-order valence-corrected chi connectivity index (χ1v) is 4.08. The van der Waals surface area contributed by atoms with Crippen molar-refractivity contribution in [3.05, 3.63) is 12.7 Å². The van der Waals surface area contributed by atoms with Crippen LogP contribution in [0.3, 0.4) is 0 Å². The second kappa shape index (κ2) is 3.26. The Balaban J connectivity index is 2.59. The average Bonchev–Trinajstić information content (AvgIpc) is 2.36. The van der Waals surface area contributed by atoms with Crippen LogP contribution in [0.1, 0.15) is 25.7 Å². The summed E-state index contributed by atoms with van der Waals surface area (Å²) in [6.07, 6.45) is 5.55. The van der Waals surface area contributed by atoms with Gasteiger partial charge in [-0.1, -0.05) is 6.58 Å². The van der Waals surface area contributed by atoms with Crippen LogP contribution in [0.2, 0.25) is 0 Å². The molecule has 0 spiro atoms. The first kappa shape index (κ1) is 8.60. The fraction of sp³-hybridized carbons (Fsp3) is 0.625. The predicted octanol–water partition coefficient (Wildman–Crippen LogP) is 2.86. The van der Waals surface area contributed by atoms with Crippen molar-refractivity contribution in [3.8, 4) is 0 Å². The van der Waals surface area contributed by atoms with Crippen molar-refractivity contribution in [1.29, 1.82) is 0 Å². The lowest BCUT2D eigenvalue weighted by atomic mass is 10.0. The molecule has 2 nitrogen and oxygen atoms in total. The predicted molar refractivity (Wildman–Crippen MR) is 43.7 cm³/mol. The number of rotatable bonds is 2. The molecule has 1 rings (SSSR count). The normalized spacial score (nSPS) is 21.2. The lowest BCUT2D eigenvalue weighted by Gasteiger charge is -2.22. The highest BCUT2D eigenvalue weighted by molar-refractivity contribution is 6.61. The van der Waals surface area contributed by atoms with E-state index >= 15 is 0 Å². The molecule has 0 saturated heterocycles. The van der Waals surface area contributed by atoms with Crippen LogP contribution in [0.4, 0.5) is 4.79 Å². The van der Waals surface area contributed by atoms with Crippen LogP contribution in [0.15, 0.2) is 12.7 Å². The quantitative estimate of drug-likeness (QED) is 0.475. The number of carbonyl (C=O) groups is 1. The molecule has 1 saturated carbocycles. The summed E-state index contributed by atoms with van der Waals surface area (Å²) in [7, 11) is 0. The van der Waals surface area contributed by atoms with Gasteiger partial charge in [-0.3, -0.25) is 0 Å². The topological polar surface area (TPSA) is 26.3 Å². The summed E-state index contributed by atoms with van der Waals surface area (Å²) in [6, 6.07) is 0. The second-order valence-corrected chi connectivity index (χ2v) is 3.12. The minimum atomic E-state index is -0.730. The Labute approximate surface area is 71.2 Å². The minimum Gasteiger partial charge on any atom is -0.443 e. The molecule has 1 aliphatic carbocycles. The molecule has 1 aliphatic rings. The summed E-state index contributed by atoms with van der Waals surface area (Å²) in [6.45, 7) is 3.63. The minimum absolute atomic E-state index is 0.459. The van der Waals surface area contributed by atoms with E-state index in [9.17, 15) is 4.79 Å². The van der Waals surface area contributed by atoms with Gasteiger partial charge in [-0.05, 0) is 31.8 Å². The van der Waals surface area contributed by atoms with Crippen molar-refractivity contribution < 1.29 is 9.53 Å². The molecule has 3 heteroatoms. The second-order valence-electron chi connectivity index (χ2n) is 2.82. The average molecular weight is 175 g/mol. The van der Waals surface area contributed by atoms with Crippen molar-refractivity contribution in [3.63, 3.8) is 0 Å². The van der Waals surface area contributed by atoms with Gasteiger partial charge in [-0.25, -0.2) is 4.79 Å². The van der Waals surface area contributed by atoms with E-state index in [0.717, 1.165) is 25.7 Å². The number of hydrogen-bond acceptors (Lipinski definition) is 2. The molecule has 0 bridgehead atoms. The molecule has 0 amide bonds. The molecule has 1 fully saturated rings. The summed E-state index contributed by atoms with van der Waals surface area (Å²) in [5.41, 5.74) is -1.19. The molecule has 62 valence electrons. The van der Waals surface area contributed by atoms with E-state index in [0.29, 0.717) is 0 Å². The molecule has 0 unspecified atom stereocenters. The smallest absolute Gasteiger partial charge is 0.404 e. The summed E-state index contributed by atoms with van der Waals surface area (Å²) in [5.74, 6) is 0. The van der Waals surface area contributed by atoms with Gasteiger partial charge in [-0.15, -0.1) is 0 Å². The van der Waals surface area contributed by atoms with Crippen molar-refractivity contribution >= 4 is 17.0 Å². The lowest BCUT2D eigenvalue weighted by Crippen LogP contribution is -2.26. The van der Waals surface area contributed by atoms with Crippen LogP contribution >= 0.6 is 11.6 Å². The number of ether oxygens (including phenoxy) is 1. The van der Waals surface area contributed by atoms with Crippen molar-refractivity contribution in [2.24, 2.45) is 0 Å². The standard InChI is InChI=1S/C8H11ClO2/c1-2-8(11-7(9)10)5-3-4-6-8/h2H,1,3-6H2. The van der Waals surface area contributed by atoms with Gasteiger partial charge in [0.05, 0.1) is 0 Å². The maximum atomic E-state index is 10.5. The van der Waals surface area contributed by atoms with Crippen LogP contribution in [-0.4, -0.2) is 11.0 Å². The van der Waals surface area contributed by atoms with E-state index in [2.05, 4.69) is 6.58 Å². The number of carbonyl (C=O) groups excluding carboxylic acids is 1. The highest BCUT2D eigenvalue weighted by atomic mass is 35.5. The molecule has 11 heavy (non-hydrogen) atoms. The highest BCUT2D eigenvalue weighted by Gasteiger charge is 2.33. The number of hydrogen-bond donors (Lipinski definition) is 0. The Morgan fingerprint density at radius 1 is 1.55 bits per heavy atom. The number of halogens is 1. The molecule has 0 aliphatic heterocycles. The fourth-order valence-electron chi connectivity index (χ4n) is 1.48. The molecule has 0 heterocycles. The van der Waals surface area contributed by atoms with Gasteiger partial charge in [0.2, 0.25) is 0 Å². The first-order chi connectivity index (χ1) is 5.18. The molecule has 0 N–H and O–H groups in total. The Bertz CT molecular complexity index is 171. The molecule has 0 atom stereocenters. The van der Waals surface area contributed by atoms with Crippen LogP contribution in [0, 0.1) is 0 Å². The Morgan fingerprint density at radius 3 is 2.45 bits per heavy atom. The fourth-order valence-corrected chi connectivity index (χ4v) is 1.63. The largest absolute Gasteiger partial charge is 0.443 e. The van der Waals surface area contributed by atoms with E-state index in [1.54, 1.807) is 6.08 Å². The molecular weight excluding hydrogens is 164 g/mol. The summed E-state index contributed by atoms with van der Waals surface area (Å²) in [5, 5.41) is 0. The van der Waals surface area contributed by atoms with Crippen molar-refractivity contribution in [2.75, 3.05) is 0 Å². The van der Waals surface area contributed by atoms with Gasteiger partial charge < -0.3 is 4.74 Å². The zero-order chi connectivity index (χ0) is 8.32. The van der Waals surface area contributed by atoms with Crippen molar-refractivity contribution in [1.82, 2.24) is 0 Å². The SMILES string of the molecule is C=CC1(OC(=O)Cl)CCCC1. The monoisotopic (exact) mass is 174 g/mol. The van der Waals surface area contributed by atoms with Gasteiger partial charge in [0.25, 0.3) is 0 Å². The maximum absolute atomic E-state index is 10.5. The van der Waals surface area contributed by atoms with Gasteiger partial charge in [-0.2, -0.15) is 0 Å². The Morgan fingerprint density at radius 2 is 2.09 bits per heavy atom. The zero-order valence-electron chi connectivity index (χ0n) is 6.31. The third kappa shape index (κ3) is 1.96. The van der Waals surface area contributed by atoms with Crippen LogP contribution in [0.25, 0.3) is 0 Å². The highest BCUT2D eigenvalue weighted by Crippen LogP contribution is 2.34. The van der Waals surface area contributed by atoms with Crippen LogP contribution in [0.5, 0.6) is 0 Å². The van der Waals surface area contributed by atoms with E-state index in [4.69, 9.17) is 16.3 Å². The lowest BCUT2D eigenvalue weighted by molar-refractivity contribution is 0.0714. The first-order valence-electron chi connectivity index (χ1n) is 3.71. The van der Waals surface area contributed by atoms with Gasteiger partial charge in [0.15, 0.2) is 0 Å². The Hall–Kier alpha value is -0.500. The molecule has 0 aromatic rings. The van der Waals surface area contributed by atoms with Crippen LogP contribution in [-0.2, 0) is 4.74 Å². The van der Waals surface area contributed by atoms with Gasteiger partial charge in [0.1, 0.15) is 5.60 Å². The van der Waals surface area contributed by atoms with Gasteiger partial charge >= 0.3 is 5.43 Å². The van der Waals surface area contributed by atoms with E-state index in [1.807, 2.05) is 0 Å². The summed E-state index contributed by atoms with van der Waals surface area (Å²) >= 11 is 5.12. The Kier molecular flexibility index (Phi) is 2.55. The zero-order valence-corrected chi connectivity index (χ0v) is 7.06. The van der Waals surface area contributed by atoms with E-state index < -0.39 is 11.0 Å². The summed E-state index contributed by atoms with van der Waals surface area (Å²) < 4.78 is 4.96. The summed E-state index contributed by atoms with van der Waals surface area (Å²) in [4.78, 5) is 10.5. The molecular formula is C8H11ClO2. The third-order valence-corrected chi connectivity index (χ3v) is 2.18. The molecule has 0 aromatic carbocycles. The maximum Gasteiger partial charge on any atom is 0.404 e. The van der Waals surface area contributed by atoms with E-state index in [1.165, 1.54) is 0 Å². The van der Waals surface area contributed by atoms with E-state index in [-0.39, 0.29) is 0 Å². The molecule has 0 aromatic heterocycles. The van der Waals surface area contributed by atoms with Crippen molar-refractivity contribution in [2.45, 2.75) is 31.3 Å². The van der Waals surface area contributed by atoms with Crippen LogP contribution < -0.4 is 0 Å².